The summed E-state index contributed by atoms with van der Waals surface area (Å²) >= 11 is 3.51. The highest BCUT2D eigenvalue weighted by Gasteiger charge is 2.55. The van der Waals surface area contributed by atoms with E-state index in [1.54, 1.807) is 69.3 Å². The molecule has 39 nitrogen and oxygen atoms in total. The summed E-state index contributed by atoms with van der Waals surface area (Å²) in [6, 6.07) is 33.1. The van der Waals surface area contributed by atoms with Gasteiger partial charge in [-0.1, -0.05) is 81.1 Å². The first-order valence-corrected chi connectivity index (χ1v) is 45.8. The zero-order valence-corrected chi connectivity index (χ0v) is 79.5. The molecule has 10 rings (SSSR count). The highest BCUT2D eigenvalue weighted by Crippen LogP contribution is 2.59. The summed E-state index contributed by atoms with van der Waals surface area (Å²) in [7, 11) is 0. The van der Waals surface area contributed by atoms with Crippen LogP contribution < -0.4 is 74.1 Å². The molecule has 20 N–H and O–H groups in total. The summed E-state index contributed by atoms with van der Waals surface area (Å²) in [5.74, 6) is -1.41. The number of rotatable bonds is 55. The lowest BCUT2D eigenvalue weighted by atomic mass is 9.77. The van der Waals surface area contributed by atoms with E-state index in [1.807, 2.05) is 29.2 Å². The van der Waals surface area contributed by atoms with E-state index in [9.17, 15) is 78.0 Å². The number of hydrogen-bond acceptors (Lipinski definition) is 33. The number of amides is 6. The number of phenolic OH excluding ortho intramolecular Hbond substituents is 4. The number of ketones is 3. The molecule has 4 heterocycles. The number of Topliss-reactive ketones (excluding diaryl/α,β-unsaturated/α-hetero) is 3. The van der Waals surface area contributed by atoms with Gasteiger partial charge in [0.1, 0.15) is 64.4 Å². The second-order valence-corrected chi connectivity index (χ2v) is 32.5. The van der Waals surface area contributed by atoms with Gasteiger partial charge < -0.3 is 132 Å². The van der Waals surface area contributed by atoms with E-state index in [-0.39, 0.29) is 114 Å². The lowest BCUT2D eigenvalue weighted by molar-refractivity contribution is -0.404. The summed E-state index contributed by atoms with van der Waals surface area (Å²) in [4.78, 5) is 147. The van der Waals surface area contributed by atoms with Crippen LogP contribution in [0.15, 0.2) is 146 Å². The molecular weight excluding hydrogens is 1800 g/mol. The van der Waals surface area contributed by atoms with Crippen LogP contribution in [0.5, 0.6) is 46.0 Å². The van der Waals surface area contributed by atoms with Crippen LogP contribution in [0.3, 0.4) is 0 Å². The standard InChI is InChI=1S/C29H53N5O8.C20H38N4O8S.2C20H12O5.C8H17N3O/c1-22(29(39)34-21-27(37)20-26(23(2)35)8-5-11-31-24(3)30)9-10-28(38)33-13-7-15-41-17-19-42-18-16-40-14-6-12-32-25(4)36;1-16(20(28)23-15-19(27)32-24-33)5-6-18(26)22-8-4-10-30-12-14-31-13-11-29-9-3-7-21-17(2)25;2*21-11-5-7-15-17(9-11)24-18-10-12(22)6-8-16(18)20(15)14-4-2-1-3-13(14)19(23)25-20;1-6(12)8(10)4-3-5-11-7(2)9/h22,26,31H,3,5-21,30H2,1-2,4H3,(H,32,36)(H,33,38)(H,34,39);16,24,33H,3-15H2,1-2H3,(H,21,25)(H,22,26)(H,23,28);2*1-10,21-22H;8,11H,2-5,9-10H2,1H3/p+1/t22-,26+;16-;;;8-/m00..0/s1. The minimum atomic E-state index is -1.17. The van der Waals surface area contributed by atoms with Crippen LogP contribution in [0.25, 0.3) is 0 Å². The number of nitrogens with one attached hydrogen (secondary N) is 9. The van der Waals surface area contributed by atoms with Crippen molar-refractivity contribution in [3.63, 3.8) is 0 Å². The van der Waals surface area contributed by atoms with Crippen molar-refractivity contribution < 1.29 is 136 Å². The fourth-order valence-corrected chi connectivity index (χ4v) is 14.3. The molecule has 0 unspecified atom stereocenters. The van der Waals surface area contributed by atoms with E-state index in [1.165, 1.54) is 69.3 Å². The maximum atomic E-state index is 12.5. The van der Waals surface area contributed by atoms with Crippen LogP contribution in [-0.4, -0.2) is 229 Å². The number of nitrogens with two attached hydrogens (primary N) is 2. The van der Waals surface area contributed by atoms with Gasteiger partial charge >= 0.3 is 17.9 Å². The molecule has 748 valence electrons. The van der Waals surface area contributed by atoms with Gasteiger partial charge in [0, 0.05) is 188 Å². The summed E-state index contributed by atoms with van der Waals surface area (Å²) in [6.45, 7) is 25.3. The lowest BCUT2D eigenvalue weighted by Crippen LogP contribution is -2.64. The molecule has 0 bridgehead atoms. The molecular formula is C97H133N12O27S+. The average Bonchev–Trinajstić information content (AvgIpc) is 1.58. The molecule has 0 aromatic heterocycles. The molecule has 137 heavy (non-hydrogen) atoms. The number of fused-ring (bicyclic) bond motifs is 12. The van der Waals surface area contributed by atoms with Crippen molar-refractivity contribution in [3.8, 4) is 46.0 Å². The van der Waals surface area contributed by atoms with E-state index in [0.717, 1.165) is 32.2 Å². The largest absolute Gasteiger partial charge is 0.508 e. The van der Waals surface area contributed by atoms with Gasteiger partial charge in [-0.25, -0.2) is 14.4 Å². The normalized spacial score (nSPS) is 13.3. The maximum absolute atomic E-state index is 12.5. The van der Waals surface area contributed by atoms with Crippen molar-refractivity contribution in [1.82, 2.24) is 47.4 Å². The first kappa shape index (κ1) is 113. The lowest BCUT2D eigenvalue weighted by Gasteiger charge is -2.36. The Hall–Kier alpha value is -12.9. The first-order valence-electron chi connectivity index (χ1n) is 45.3. The minimum absolute atomic E-state index is 0.0371. The number of esters is 2. The Morgan fingerprint density at radius 3 is 1.08 bits per heavy atom. The Bertz CT molecular complexity index is 4730. The third-order valence-corrected chi connectivity index (χ3v) is 21.5. The van der Waals surface area contributed by atoms with Crippen molar-refractivity contribution in [2.45, 2.75) is 142 Å². The predicted molar refractivity (Wildman–Crippen MR) is 506 cm³/mol. The number of phenols is 4. The van der Waals surface area contributed by atoms with Crippen LogP contribution >= 0.6 is 12.8 Å². The number of aromatic hydroxyl groups is 4. The number of thiol groups is 1. The van der Waals surface area contributed by atoms with Crippen LogP contribution in [0, 0.1) is 17.8 Å². The average molecular weight is 1930 g/mol. The Kier molecular flexibility index (Phi) is 49.8. The number of quaternary nitrogens is 1. The summed E-state index contributed by atoms with van der Waals surface area (Å²) < 4.78 is 56.0. The minimum Gasteiger partial charge on any atom is -0.508 e. The molecule has 0 radical (unpaired) electrons. The van der Waals surface area contributed by atoms with Crippen molar-refractivity contribution in [2.24, 2.45) is 29.2 Å². The quantitative estimate of drug-likeness (QED) is 0.00647. The highest BCUT2D eigenvalue weighted by molar-refractivity contribution is 7.77. The van der Waals surface area contributed by atoms with E-state index in [2.05, 4.69) is 79.1 Å². The zero-order valence-electron chi connectivity index (χ0n) is 78.6. The molecule has 0 saturated heterocycles. The monoisotopic (exact) mass is 1930 g/mol. The fourth-order valence-electron chi connectivity index (χ4n) is 14.2. The molecule has 0 aliphatic carbocycles. The summed E-state index contributed by atoms with van der Waals surface area (Å²) in [6.07, 6.45) is 6.95. The van der Waals surface area contributed by atoms with E-state index >= 15 is 0 Å². The van der Waals surface area contributed by atoms with Gasteiger partial charge in [-0.3, -0.25) is 43.2 Å². The topological polar surface area (TPSA) is 575 Å². The van der Waals surface area contributed by atoms with Gasteiger partial charge in [-0.2, -0.15) is 0 Å². The first-order chi connectivity index (χ1) is 65.6. The molecule has 6 aromatic carbocycles. The van der Waals surface area contributed by atoms with E-state index in [4.69, 9.17) is 58.8 Å². The summed E-state index contributed by atoms with van der Waals surface area (Å²) in [5.41, 5.74) is 17.0. The SMILES string of the molecule is C=C(N)NCCC[C@H](CC(=O)CNC(=O)[C@@H](C)CCC(=O)NCCCOCCOCCOCCCNC(C)=O)C(C)=O.C=C(N)NCCC[C@H]([NH3+])C(C)=O.CC(=O)NCCCOCCOCCOCCCNC(=O)CC[C@H](C)C(=O)NCC(=O)ONS.O=C1OC2(c3ccc(O)cc3Oc3cc(O)ccc32)c2ccccc21.O=C1OC2(c3ccc(O)cc3Oc3cc(O)ccc32)c2ccccc21. The molecule has 6 aromatic rings. The van der Waals surface area contributed by atoms with Crippen molar-refractivity contribution >= 4 is 83.5 Å². The Morgan fingerprint density at radius 2 is 0.745 bits per heavy atom. The Morgan fingerprint density at radius 1 is 0.416 bits per heavy atom. The molecule has 40 heteroatoms. The second kappa shape index (κ2) is 60.5. The van der Waals surface area contributed by atoms with Crippen LogP contribution in [-0.2, 0) is 102 Å². The van der Waals surface area contributed by atoms with E-state index in [0.29, 0.717) is 230 Å². The molecule has 4 aliphatic rings. The highest BCUT2D eigenvalue weighted by atomic mass is 32.1. The fraction of sp³-hybridized carbons (Fsp3) is 0.464. The molecule has 4 aliphatic heterocycles. The van der Waals surface area contributed by atoms with Gasteiger partial charge in [0.2, 0.25) is 35.4 Å². The van der Waals surface area contributed by atoms with Crippen LogP contribution in [0.2, 0.25) is 0 Å². The third-order valence-electron chi connectivity index (χ3n) is 21.4. The summed E-state index contributed by atoms with van der Waals surface area (Å²) in [5, 5.41) is 61.1. The van der Waals surface area contributed by atoms with E-state index < -0.39 is 46.9 Å². The third kappa shape index (κ3) is 38.6. The van der Waals surface area contributed by atoms with Crippen molar-refractivity contribution in [1.29, 1.82) is 0 Å². The molecule has 2 spiro atoms. The number of carbonyl (C=O) groups excluding carboxylic acids is 12. The van der Waals surface area contributed by atoms with Gasteiger partial charge in [-0.05, 0) is 125 Å². The number of ether oxygens (including phenoxy) is 10. The van der Waals surface area contributed by atoms with Gasteiger partial charge in [0.25, 0.3) is 0 Å². The van der Waals surface area contributed by atoms with Crippen molar-refractivity contribution in [2.75, 3.05) is 132 Å². The molecule has 0 fully saturated rings. The van der Waals surface area contributed by atoms with Gasteiger partial charge in [0.05, 0.1) is 82.2 Å². The second-order valence-electron chi connectivity index (χ2n) is 32.3. The molecule has 0 saturated carbocycles. The zero-order chi connectivity index (χ0) is 100. The van der Waals surface area contributed by atoms with Crippen LogP contribution in [0.1, 0.15) is 179 Å². The smallest absolute Gasteiger partial charge is 0.344 e. The number of hydrogen-bond donors (Lipinski definition) is 17. The Balaban J connectivity index is 0.000000273. The van der Waals surface area contributed by atoms with Gasteiger partial charge in [0.15, 0.2) is 22.8 Å². The molecule has 6 amide bonds. The predicted octanol–water partition coefficient (Wildman–Crippen LogP) is 6.38. The van der Waals surface area contributed by atoms with Gasteiger partial charge in [-0.15, -0.1) is 0 Å². The molecule has 4 atom stereocenters. The number of benzene rings is 6. The Labute approximate surface area is 802 Å². The van der Waals surface area contributed by atoms with Crippen LogP contribution in [0.4, 0.5) is 0 Å². The maximum Gasteiger partial charge on any atom is 0.344 e. The van der Waals surface area contributed by atoms with Crippen molar-refractivity contribution in [3.05, 3.63) is 191 Å². The number of carbonyl (C=O) groups is 12.